The topological polar surface area (TPSA) is 76.7 Å². The lowest BCUT2D eigenvalue weighted by atomic mass is 10.2. The Kier molecular flexibility index (Phi) is 4.69. The Labute approximate surface area is 119 Å². The molecule has 0 saturated carbocycles. The Morgan fingerprint density at radius 2 is 1.95 bits per heavy atom. The van der Waals surface area contributed by atoms with Crippen molar-refractivity contribution in [3.05, 3.63) is 36.2 Å². The molecule has 21 heavy (non-hydrogen) atoms. The first kappa shape index (κ1) is 15.2. The van der Waals surface area contributed by atoms with E-state index in [9.17, 15) is 13.2 Å². The Hall–Kier alpha value is -2.22. The smallest absolute Gasteiger partial charge is 0.354 e. The highest BCUT2D eigenvalue weighted by molar-refractivity contribution is 5.56. The zero-order chi connectivity index (χ0) is 15.3. The molecule has 2 heterocycles. The SMILES string of the molecule is NCCCNc1nc(-c2ccccn2)cc(C(F)(F)F)n1. The summed E-state index contributed by atoms with van der Waals surface area (Å²) in [5.41, 5.74) is 4.81. The summed E-state index contributed by atoms with van der Waals surface area (Å²) in [5, 5.41) is 2.74. The fourth-order valence-corrected chi connectivity index (χ4v) is 1.62. The number of hydrogen-bond donors (Lipinski definition) is 2. The molecule has 0 aliphatic rings. The van der Waals surface area contributed by atoms with Crippen molar-refractivity contribution < 1.29 is 13.2 Å². The van der Waals surface area contributed by atoms with E-state index in [-0.39, 0.29) is 11.6 Å². The summed E-state index contributed by atoms with van der Waals surface area (Å²) >= 11 is 0. The van der Waals surface area contributed by atoms with Crippen LogP contribution in [0, 0.1) is 0 Å². The molecule has 5 nitrogen and oxygen atoms in total. The number of rotatable bonds is 5. The fourth-order valence-electron chi connectivity index (χ4n) is 1.62. The number of nitrogens with zero attached hydrogens (tertiary/aromatic N) is 3. The fraction of sp³-hybridized carbons (Fsp3) is 0.308. The largest absolute Gasteiger partial charge is 0.433 e. The van der Waals surface area contributed by atoms with Crippen LogP contribution in [0.1, 0.15) is 12.1 Å². The van der Waals surface area contributed by atoms with E-state index in [0.717, 1.165) is 6.07 Å². The van der Waals surface area contributed by atoms with Crippen LogP contribution in [-0.2, 0) is 6.18 Å². The maximum atomic E-state index is 12.9. The second-order valence-electron chi connectivity index (χ2n) is 4.24. The Bertz CT molecular complexity index is 586. The van der Waals surface area contributed by atoms with Crippen LogP contribution < -0.4 is 11.1 Å². The predicted molar refractivity (Wildman–Crippen MR) is 72.4 cm³/mol. The molecule has 0 aliphatic carbocycles. The van der Waals surface area contributed by atoms with Crippen molar-refractivity contribution in [2.75, 3.05) is 18.4 Å². The third-order valence-electron chi connectivity index (χ3n) is 2.61. The van der Waals surface area contributed by atoms with Crippen LogP contribution in [0.15, 0.2) is 30.5 Å². The van der Waals surface area contributed by atoms with Gasteiger partial charge in [-0.15, -0.1) is 0 Å². The van der Waals surface area contributed by atoms with E-state index < -0.39 is 11.9 Å². The van der Waals surface area contributed by atoms with E-state index in [1.54, 1.807) is 18.2 Å². The van der Waals surface area contributed by atoms with Crippen molar-refractivity contribution >= 4 is 5.95 Å². The third-order valence-corrected chi connectivity index (χ3v) is 2.61. The quantitative estimate of drug-likeness (QED) is 0.828. The van der Waals surface area contributed by atoms with Gasteiger partial charge >= 0.3 is 6.18 Å². The number of nitrogens with one attached hydrogen (secondary N) is 1. The molecule has 112 valence electrons. The lowest BCUT2D eigenvalue weighted by Crippen LogP contribution is -2.15. The molecule has 0 aromatic carbocycles. The molecule has 0 fully saturated rings. The van der Waals surface area contributed by atoms with Gasteiger partial charge in [0.05, 0.1) is 11.4 Å². The highest BCUT2D eigenvalue weighted by atomic mass is 19.4. The zero-order valence-corrected chi connectivity index (χ0v) is 11.1. The normalized spacial score (nSPS) is 11.4. The van der Waals surface area contributed by atoms with Gasteiger partial charge in [0.25, 0.3) is 0 Å². The summed E-state index contributed by atoms with van der Waals surface area (Å²) in [4.78, 5) is 11.6. The molecule has 3 N–H and O–H groups in total. The van der Waals surface area contributed by atoms with Crippen LogP contribution in [0.4, 0.5) is 19.1 Å². The third kappa shape index (κ3) is 4.12. The van der Waals surface area contributed by atoms with Gasteiger partial charge in [-0.25, -0.2) is 9.97 Å². The molecule has 0 amide bonds. The number of halogens is 3. The van der Waals surface area contributed by atoms with Gasteiger partial charge in [0, 0.05) is 12.7 Å². The number of alkyl halides is 3. The van der Waals surface area contributed by atoms with Crippen molar-refractivity contribution in [1.29, 1.82) is 0 Å². The predicted octanol–water partition coefficient (Wildman–Crippen LogP) is 2.32. The average Bonchev–Trinajstić information content (AvgIpc) is 2.47. The second-order valence-corrected chi connectivity index (χ2v) is 4.24. The van der Waals surface area contributed by atoms with Crippen LogP contribution >= 0.6 is 0 Å². The standard InChI is InChI=1S/C13H14F3N5/c14-13(15,16)11-8-10(9-4-1-2-6-18-9)20-12(21-11)19-7-3-5-17/h1-2,4,6,8H,3,5,7,17H2,(H,19,20,21). The van der Waals surface area contributed by atoms with Crippen molar-refractivity contribution in [2.45, 2.75) is 12.6 Å². The van der Waals surface area contributed by atoms with E-state index in [1.165, 1.54) is 6.20 Å². The first-order chi connectivity index (χ1) is 10.0. The number of nitrogens with two attached hydrogens (primary N) is 1. The molecular formula is C13H14F3N5. The minimum atomic E-state index is -4.54. The molecule has 0 aliphatic heterocycles. The molecule has 8 heteroatoms. The summed E-state index contributed by atoms with van der Waals surface area (Å²) in [6, 6.07) is 5.83. The van der Waals surface area contributed by atoms with E-state index >= 15 is 0 Å². The molecule has 2 rings (SSSR count). The highest BCUT2D eigenvalue weighted by Crippen LogP contribution is 2.30. The van der Waals surface area contributed by atoms with Crippen LogP contribution in [0.3, 0.4) is 0 Å². The van der Waals surface area contributed by atoms with Gasteiger partial charge in [0.2, 0.25) is 5.95 Å². The summed E-state index contributed by atoms with van der Waals surface area (Å²) in [6.07, 6.45) is -2.44. The second kappa shape index (κ2) is 6.49. The summed E-state index contributed by atoms with van der Waals surface area (Å²) < 4.78 is 38.7. The lowest BCUT2D eigenvalue weighted by molar-refractivity contribution is -0.141. The van der Waals surface area contributed by atoms with Crippen molar-refractivity contribution in [1.82, 2.24) is 15.0 Å². The van der Waals surface area contributed by atoms with E-state index in [0.29, 0.717) is 25.2 Å². The highest BCUT2D eigenvalue weighted by Gasteiger charge is 2.33. The Morgan fingerprint density at radius 1 is 1.14 bits per heavy atom. The van der Waals surface area contributed by atoms with Gasteiger partial charge in [-0.3, -0.25) is 4.98 Å². The van der Waals surface area contributed by atoms with Crippen LogP contribution in [0.5, 0.6) is 0 Å². The lowest BCUT2D eigenvalue weighted by Gasteiger charge is -2.11. The summed E-state index contributed by atoms with van der Waals surface area (Å²) in [5.74, 6) is -0.0843. The molecule has 0 radical (unpaired) electrons. The number of pyridine rings is 1. The number of aromatic nitrogens is 3. The van der Waals surface area contributed by atoms with Crippen LogP contribution in [0.25, 0.3) is 11.4 Å². The van der Waals surface area contributed by atoms with Gasteiger partial charge < -0.3 is 11.1 Å². The first-order valence-corrected chi connectivity index (χ1v) is 6.32. The minimum Gasteiger partial charge on any atom is -0.354 e. The molecule has 2 aromatic heterocycles. The van der Waals surface area contributed by atoms with Crippen LogP contribution in [-0.4, -0.2) is 28.0 Å². The van der Waals surface area contributed by atoms with E-state index in [1.807, 2.05) is 0 Å². The number of anilines is 1. The van der Waals surface area contributed by atoms with Gasteiger partial charge in [-0.2, -0.15) is 13.2 Å². The maximum Gasteiger partial charge on any atom is 0.433 e. The van der Waals surface area contributed by atoms with Crippen molar-refractivity contribution in [3.63, 3.8) is 0 Å². The summed E-state index contributed by atoms with van der Waals surface area (Å²) in [6.45, 7) is 0.832. The molecule has 0 atom stereocenters. The molecule has 2 aromatic rings. The van der Waals surface area contributed by atoms with E-state index in [4.69, 9.17) is 5.73 Å². The minimum absolute atomic E-state index is 0.0843. The van der Waals surface area contributed by atoms with E-state index in [2.05, 4.69) is 20.3 Å². The van der Waals surface area contributed by atoms with Gasteiger partial charge in [0.15, 0.2) is 5.69 Å². The molecule has 0 unspecified atom stereocenters. The van der Waals surface area contributed by atoms with Crippen molar-refractivity contribution in [2.24, 2.45) is 5.73 Å². The monoisotopic (exact) mass is 297 g/mol. The molecule has 0 spiro atoms. The van der Waals surface area contributed by atoms with Crippen LogP contribution in [0.2, 0.25) is 0 Å². The maximum absolute atomic E-state index is 12.9. The zero-order valence-electron chi connectivity index (χ0n) is 11.1. The van der Waals surface area contributed by atoms with Crippen molar-refractivity contribution in [3.8, 4) is 11.4 Å². The molecular weight excluding hydrogens is 283 g/mol. The van der Waals surface area contributed by atoms with Gasteiger partial charge in [-0.1, -0.05) is 6.07 Å². The number of hydrogen-bond acceptors (Lipinski definition) is 5. The molecule has 0 saturated heterocycles. The van der Waals surface area contributed by atoms with Gasteiger partial charge in [0.1, 0.15) is 0 Å². The molecule has 0 bridgehead atoms. The average molecular weight is 297 g/mol. The Balaban J connectivity index is 2.38. The summed E-state index contributed by atoms with van der Waals surface area (Å²) in [7, 11) is 0. The Morgan fingerprint density at radius 3 is 2.57 bits per heavy atom. The first-order valence-electron chi connectivity index (χ1n) is 6.32. The van der Waals surface area contributed by atoms with Gasteiger partial charge in [-0.05, 0) is 31.2 Å².